The number of ether oxygens (including phenoxy) is 1. The highest BCUT2D eigenvalue weighted by molar-refractivity contribution is 5.82. The predicted octanol–water partition coefficient (Wildman–Crippen LogP) is 0.900. The first-order valence-corrected chi connectivity index (χ1v) is 6.94. The van der Waals surface area contributed by atoms with Crippen LogP contribution < -0.4 is 15.8 Å². The smallest absolute Gasteiger partial charge is 0.239 e. The number of benzene rings is 1. The Morgan fingerprint density at radius 2 is 2.20 bits per heavy atom. The monoisotopic (exact) mass is 278 g/mol. The van der Waals surface area contributed by atoms with Crippen LogP contribution in [-0.4, -0.2) is 30.8 Å². The van der Waals surface area contributed by atoms with Gasteiger partial charge >= 0.3 is 0 Å². The molecule has 2 rings (SSSR count). The molecule has 0 aliphatic heterocycles. The van der Waals surface area contributed by atoms with Gasteiger partial charge in [-0.3, -0.25) is 4.79 Å². The molecule has 5 heteroatoms. The van der Waals surface area contributed by atoms with Crippen molar-refractivity contribution in [3.63, 3.8) is 0 Å². The molecule has 0 heterocycles. The van der Waals surface area contributed by atoms with E-state index >= 15 is 0 Å². The van der Waals surface area contributed by atoms with Crippen molar-refractivity contribution in [2.75, 3.05) is 13.7 Å². The number of hydrogen-bond donors (Lipinski definition) is 3. The maximum absolute atomic E-state index is 12.0. The van der Waals surface area contributed by atoms with Gasteiger partial charge < -0.3 is 20.9 Å². The van der Waals surface area contributed by atoms with E-state index in [4.69, 9.17) is 15.6 Å². The van der Waals surface area contributed by atoms with Crippen molar-refractivity contribution in [3.05, 3.63) is 29.8 Å². The van der Waals surface area contributed by atoms with Gasteiger partial charge in [-0.25, -0.2) is 0 Å². The number of methoxy groups -OCH3 is 1. The Morgan fingerprint density at radius 3 is 2.80 bits per heavy atom. The number of amides is 1. The highest BCUT2D eigenvalue weighted by Crippen LogP contribution is 2.39. The van der Waals surface area contributed by atoms with Gasteiger partial charge in [0.25, 0.3) is 0 Å². The summed E-state index contributed by atoms with van der Waals surface area (Å²) in [6.45, 7) is -0.347. The average molecular weight is 278 g/mol. The standard InChI is InChI=1S/C15H22N2O3/c1-20-12-6-4-5-11(9-12)15(7-2-3-8-15)17-14(19)13(16)10-18/h4-6,9,13,18H,2-3,7-8,10,16H2,1H3,(H,17,19). The average Bonchev–Trinajstić information content (AvgIpc) is 2.96. The molecule has 1 aromatic rings. The molecule has 1 aliphatic rings. The quantitative estimate of drug-likeness (QED) is 0.747. The van der Waals surface area contributed by atoms with Gasteiger partial charge in [0.1, 0.15) is 11.8 Å². The Morgan fingerprint density at radius 1 is 1.50 bits per heavy atom. The lowest BCUT2D eigenvalue weighted by atomic mass is 9.87. The van der Waals surface area contributed by atoms with E-state index in [2.05, 4.69) is 5.32 Å². The van der Waals surface area contributed by atoms with E-state index < -0.39 is 11.6 Å². The first-order valence-electron chi connectivity index (χ1n) is 6.94. The van der Waals surface area contributed by atoms with E-state index in [1.54, 1.807) is 7.11 Å². The second-order valence-corrected chi connectivity index (χ2v) is 5.30. The third-order valence-corrected chi connectivity index (χ3v) is 3.98. The summed E-state index contributed by atoms with van der Waals surface area (Å²) in [6.07, 6.45) is 3.88. The third kappa shape index (κ3) is 2.94. The summed E-state index contributed by atoms with van der Waals surface area (Å²) in [6, 6.07) is 6.88. The molecule has 1 fully saturated rings. The molecular formula is C15H22N2O3. The Bertz CT molecular complexity index is 470. The lowest BCUT2D eigenvalue weighted by Crippen LogP contribution is -2.51. The fraction of sp³-hybridized carbons (Fsp3) is 0.533. The Hall–Kier alpha value is -1.59. The molecule has 1 saturated carbocycles. The van der Waals surface area contributed by atoms with E-state index in [9.17, 15) is 4.79 Å². The summed E-state index contributed by atoms with van der Waals surface area (Å²) < 4.78 is 5.26. The number of aliphatic hydroxyl groups excluding tert-OH is 1. The molecule has 110 valence electrons. The predicted molar refractivity (Wildman–Crippen MR) is 76.3 cm³/mol. The second kappa shape index (κ2) is 6.24. The molecule has 0 radical (unpaired) electrons. The van der Waals surface area contributed by atoms with Gasteiger partial charge in [0.2, 0.25) is 5.91 Å². The van der Waals surface area contributed by atoms with Gasteiger partial charge in [0, 0.05) is 0 Å². The van der Waals surface area contributed by atoms with Crippen molar-refractivity contribution in [3.8, 4) is 5.75 Å². The zero-order valence-corrected chi connectivity index (χ0v) is 11.8. The van der Waals surface area contributed by atoms with Gasteiger partial charge in [-0.15, -0.1) is 0 Å². The van der Waals surface area contributed by atoms with Crippen LogP contribution in [-0.2, 0) is 10.3 Å². The van der Waals surface area contributed by atoms with E-state index in [1.807, 2.05) is 24.3 Å². The van der Waals surface area contributed by atoms with Crippen LogP contribution in [0.25, 0.3) is 0 Å². The summed E-state index contributed by atoms with van der Waals surface area (Å²) in [5, 5.41) is 12.0. The van der Waals surface area contributed by atoms with Crippen LogP contribution in [0.1, 0.15) is 31.2 Å². The van der Waals surface area contributed by atoms with Crippen LogP contribution in [0.3, 0.4) is 0 Å². The molecule has 20 heavy (non-hydrogen) atoms. The summed E-state index contributed by atoms with van der Waals surface area (Å²) in [5.41, 5.74) is 6.25. The number of rotatable bonds is 5. The molecule has 1 unspecified atom stereocenters. The largest absolute Gasteiger partial charge is 0.497 e. The lowest BCUT2D eigenvalue weighted by Gasteiger charge is -2.32. The minimum absolute atomic E-state index is 0.308. The Labute approximate surface area is 119 Å². The summed E-state index contributed by atoms with van der Waals surface area (Å²) in [5.74, 6) is 0.465. The molecule has 1 aromatic carbocycles. The van der Waals surface area contributed by atoms with Crippen LogP contribution >= 0.6 is 0 Å². The van der Waals surface area contributed by atoms with E-state index in [0.29, 0.717) is 0 Å². The summed E-state index contributed by atoms with van der Waals surface area (Å²) in [4.78, 5) is 12.0. The van der Waals surface area contributed by atoms with Gasteiger partial charge in [-0.05, 0) is 30.5 Å². The number of hydrogen-bond acceptors (Lipinski definition) is 4. The molecule has 0 saturated heterocycles. The van der Waals surface area contributed by atoms with Crippen LogP contribution in [0, 0.1) is 0 Å². The molecule has 5 nitrogen and oxygen atoms in total. The molecule has 0 spiro atoms. The molecule has 1 aliphatic carbocycles. The minimum Gasteiger partial charge on any atom is -0.497 e. The fourth-order valence-corrected chi connectivity index (χ4v) is 2.80. The number of carbonyl (C=O) groups is 1. The lowest BCUT2D eigenvalue weighted by molar-refractivity contribution is -0.125. The number of aliphatic hydroxyl groups is 1. The number of nitrogens with two attached hydrogens (primary N) is 1. The number of carbonyl (C=O) groups excluding carboxylic acids is 1. The van der Waals surface area contributed by atoms with Crippen molar-refractivity contribution in [1.82, 2.24) is 5.32 Å². The maximum atomic E-state index is 12.0. The van der Waals surface area contributed by atoms with Crippen molar-refractivity contribution >= 4 is 5.91 Å². The van der Waals surface area contributed by atoms with Crippen LogP contribution in [0.4, 0.5) is 0 Å². The summed E-state index contributed by atoms with van der Waals surface area (Å²) in [7, 11) is 1.63. The maximum Gasteiger partial charge on any atom is 0.239 e. The minimum atomic E-state index is -0.877. The van der Waals surface area contributed by atoms with Crippen molar-refractivity contribution in [2.24, 2.45) is 5.73 Å². The normalized spacial score (nSPS) is 18.6. The van der Waals surface area contributed by atoms with Crippen molar-refractivity contribution in [1.29, 1.82) is 0 Å². The van der Waals surface area contributed by atoms with Crippen molar-refractivity contribution < 1.29 is 14.6 Å². The Kier molecular flexibility index (Phi) is 4.62. The van der Waals surface area contributed by atoms with E-state index in [1.165, 1.54) is 0 Å². The van der Waals surface area contributed by atoms with Gasteiger partial charge in [-0.2, -0.15) is 0 Å². The topological polar surface area (TPSA) is 84.6 Å². The highest BCUT2D eigenvalue weighted by atomic mass is 16.5. The Balaban J connectivity index is 2.27. The zero-order valence-electron chi connectivity index (χ0n) is 11.8. The van der Waals surface area contributed by atoms with Gasteiger partial charge in [-0.1, -0.05) is 25.0 Å². The van der Waals surface area contributed by atoms with Crippen LogP contribution in [0.2, 0.25) is 0 Å². The number of nitrogens with one attached hydrogen (secondary N) is 1. The molecule has 0 bridgehead atoms. The molecule has 1 atom stereocenters. The first-order chi connectivity index (χ1) is 9.61. The fourth-order valence-electron chi connectivity index (χ4n) is 2.80. The van der Waals surface area contributed by atoms with Crippen molar-refractivity contribution in [2.45, 2.75) is 37.3 Å². The molecular weight excluding hydrogens is 256 g/mol. The second-order valence-electron chi connectivity index (χ2n) is 5.30. The van der Waals surface area contributed by atoms with Crippen LogP contribution in [0.15, 0.2) is 24.3 Å². The molecule has 1 amide bonds. The van der Waals surface area contributed by atoms with Crippen LogP contribution in [0.5, 0.6) is 5.75 Å². The molecule has 0 aromatic heterocycles. The zero-order chi connectivity index (χ0) is 14.6. The SMILES string of the molecule is COc1cccc(C2(NC(=O)C(N)CO)CCCC2)c1. The van der Waals surface area contributed by atoms with E-state index in [-0.39, 0.29) is 12.5 Å². The van der Waals surface area contributed by atoms with Gasteiger partial charge in [0.15, 0.2) is 0 Å². The summed E-state index contributed by atoms with van der Waals surface area (Å²) >= 11 is 0. The highest BCUT2D eigenvalue weighted by Gasteiger charge is 2.38. The van der Waals surface area contributed by atoms with E-state index in [0.717, 1.165) is 37.0 Å². The third-order valence-electron chi connectivity index (χ3n) is 3.98. The molecule has 4 N–H and O–H groups in total. The first kappa shape index (κ1) is 14.8. The van der Waals surface area contributed by atoms with Gasteiger partial charge in [0.05, 0.1) is 19.3 Å².